The summed E-state index contributed by atoms with van der Waals surface area (Å²) in [6.45, 7) is 5.66. The monoisotopic (exact) mass is 366 g/mol. The third-order valence-corrected chi connectivity index (χ3v) is 5.21. The molecule has 1 N–H and O–H groups in total. The van der Waals surface area contributed by atoms with E-state index in [4.69, 9.17) is 0 Å². The third kappa shape index (κ3) is 3.79. The number of hydrogen-bond donors (Lipinski definition) is 1. The van der Waals surface area contributed by atoms with Crippen LogP contribution in [-0.2, 0) is 33.1 Å². The zero-order chi connectivity index (χ0) is 18.8. The Labute approximate surface area is 159 Å². The first-order valence-electron chi connectivity index (χ1n) is 9.52. The van der Waals surface area contributed by atoms with E-state index in [-0.39, 0.29) is 0 Å². The number of aliphatic hydroxyl groups excluding tert-OH is 1. The van der Waals surface area contributed by atoms with E-state index in [2.05, 4.69) is 39.1 Å². The highest BCUT2D eigenvalue weighted by atomic mass is 16.3. The first-order valence-corrected chi connectivity index (χ1v) is 9.52. The van der Waals surface area contributed by atoms with Gasteiger partial charge in [0.1, 0.15) is 6.10 Å². The number of aliphatic hydroxyl groups is 1. The van der Waals surface area contributed by atoms with Crippen LogP contribution in [0, 0.1) is 0 Å². The minimum Gasteiger partial charge on any atom is -0.380 e. The summed E-state index contributed by atoms with van der Waals surface area (Å²) in [6, 6.07) is 8.13. The highest BCUT2D eigenvalue weighted by Crippen LogP contribution is 2.23. The SMILES string of the molecule is CCc1ccc(CN2CCCn3nc([C@H](O)c4ccnn4C)cc3C2)nc1. The molecule has 0 unspecified atom stereocenters. The zero-order valence-corrected chi connectivity index (χ0v) is 15.9. The molecule has 7 heteroatoms. The molecule has 0 saturated carbocycles. The summed E-state index contributed by atoms with van der Waals surface area (Å²) in [7, 11) is 1.83. The van der Waals surface area contributed by atoms with Gasteiger partial charge in [0.15, 0.2) is 0 Å². The molecule has 1 aliphatic rings. The molecule has 1 aliphatic heterocycles. The molecule has 0 bridgehead atoms. The lowest BCUT2D eigenvalue weighted by Crippen LogP contribution is -2.23. The van der Waals surface area contributed by atoms with Crippen LogP contribution in [0.1, 0.15) is 47.8 Å². The fourth-order valence-electron chi connectivity index (χ4n) is 3.61. The Bertz CT molecular complexity index is 898. The number of hydrogen-bond acceptors (Lipinski definition) is 5. The van der Waals surface area contributed by atoms with E-state index in [1.807, 2.05) is 30.1 Å². The Morgan fingerprint density at radius 1 is 1.22 bits per heavy atom. The number of nitrogens with zero attached hydrogens (tertiary/aromatic N) is 6. The lowest BCUT2D eigenvalue weighted by Gasteiger charge is -2.19. The molecule has 0 fully saturated rings. The second kappa shape index (κ2) is 7.62. The van der Waals surface area contributed by atoms with Crippen molar-refractivity contribution in [3.8, 4) is 0 Å². The van der Waals surface area contributed by atoms with Gasteiger partial charge in [-0.15, -0.1) is 0 Å². The van der Waals surface area contributed by atoms with Gasteiger partial charge in [0.2, 0.25) is 0 Å². The van der Waals surface area contributed by atoms with Crippen LogP contribution in [0.5, 0.6) is 0 Å². The first kappa shape index (κ1) is 17.9. The molecule has 0 saturated heterocycles. The van der Waals surface area contributed by atoms with Crippen molar-refractivity contribution in [3.63, 3.8) is 0 Å². The standard InChI is InChI=1S/C20H26N6O/c1-3-15-5-6-16(21-12-15)13-25-9-4-10-26-17(14-25)11-18(23-26)20(27)19-7-8-22-24(19)2/h5-8,11-12,20,27H,3-4,9-10,13-14H2,1-2H3/t20-/m0/s1. The summed E-state index contributed by atoms with van der Waals surface area (Å²) in [5, 5.41) is 19.5. The van der Waals surface area contributed by atoms with Crippen LogP contribution in [-0.4, -0.2) is 41.1 Å². The van der Waals surface area contributed by atoms with Gasteiger partial charge < -0.3 is 5.11 Å². The molecule has 1 atom stereocenters. The number of aromatic nitrogens is 5. The number of pyridine rings is 1. The number of fused-ring (bicyclic) bond motifs is 1. The Morgan fingerprint density at radius 3 is 2.81 bits per heavy atom. The average molecular weight is 366 g/mol. The van der Waals surface area contributed by atoms with E-state index < -0.39 is 6.10 Å². The molecule has 27 heavy (non-hydrogen) atoms. The van der Waals surface area contributed by atoms with Gasteiger partial charge in [0, 0.05) is 45.6 Å². The summed E-state index contributed by atoms with van der Waals surface area (Å²) in [6.07, 6.45) is 4.95. The summed E-state index contributed by atoms with van der Waals surface area (Å²) in [5.41, 5.74) is 4.92. The van der Waals surface area contributed by atoms with E-state index in [1.54, 1.807) is 10.9 Å². The summed E-state index contributed by atoms with van der Waals surface area (Å²) >= 11 is 0. The van der Waals surface area contributed by atoms with Gasteiger partial charge >= 0.3 is 0 Å². The molecule has 0 amide bonds. The molecule has 7 nitrogen and oxygen atoms in total. The average Bonchev–Trinajstić information content (AvgIpc) is 3.23. The Morgan fingerprint density at radius 2 is 2.11 bits per heavy atom. The summed E-state index contributed by atoms with van der Waals surface area (Å²) in [5.74, 6) is 0. The van der Waals surface area contributed by atoms with Crippen molar-refractivity contribution in [1.29, 1.82) is 0 Å². The van der Waals surface area contributed by atoms with Gasteiger partial charge in [0.05, 0.1) is 22.8 Å². The molecule has 0 aromatic carbocycles. The molecule has 0 aliphatic carbocycles. The van der Waals surface area contributed by atoms with E-state index in [1.165, 1.54) is 5.56 Å². The van der Waals surface area contributed by atoms with Crippen molar-refractivity contribution in [1.82, 2.24) is 29.4 Å². The Balaban J connectivity index is 1.50. The van der Waals surface area contributed by atoms with E-state index >= 15 is 0 Å². The van der Waals surface area contributed by atoms with Crippen molar-refractivity contribution < 1.29 is 5.11 Å². The summed E-state index contributed by atoms with van der Waals surface area (Å²) < 4.78 is 3.72. The predicted molar refractivity (Wildman–Crippen MR) is 102 cm³/mol. The van der Waals surface area contributed by atoms with Crippen LogP contribution < -0.4 is 0 Å². The van der Waals surface area contributed by atoms with Gasteiger partial charge in [-0.05, 0) is 36.6 Å². The molecule has 0 spiro atoms. The van der Waals surface area contributed by atoms with Gasteiger partial charge in [0.25, 0.3) is 0 Å². The molecule has 4 heterocycles. The largest absolute Gasteiger partial charge is 0.380 e. The lowest BCUT2D eigenvalue weighted by atomic mass is 10.1. The first-order chi connectivity index (χ1) is 13.1. The van der Waals surface area contributed by atoms with Gasteiger partial charge in [-0.2, -0.15) is 10.2 Å². The molecule has 0 radical (unpaired) electrons. The van der Waals surface area contributed by atoms with Crippen LogP contribution in [0.25, 0.3) is 0 Å². The van der Waals surface area contributed by atoms with Crippen LogP contribution in [0.2, 0.25) is 0 Å². The Kier molecular flexibility index (Phi) is 5.05. The van der Waals surface area contributed by atoms with Crippen molar-refractivity contribution in [2.24, 2.45) is 7.05 Å². The van der Waals surface area contributed by atoms with E-state index in [9.17, 15) is 5.11 Å². The minimum atomic E-state index is -0.756. The maximum absolute atomic E-state index is 10.7. The van der Waals surface area contributed by atoms with Crippen molar-refractivity contribution >= 4 is 0 Å². The van der Waals surface area contributed by atoms with E-state index in [0.717, 1.165) is 56.1 Å². The summed E-state index contributed by atoms with van der Waals surface area (Å²) in [4.78, 5) is 6.99. The smallest absolute Gasteiger partial charge is 0.139 e. The molecule has 142 valence electrons. The highest BCUT2D eigenvalue weighted by Gasteiger charge is 2.22. The van der Waals surface area contributed by atoms with Crippen LogP contribution in [0.15, 0.2) is 36.7 Å². The maximum atomic E-state index is 10.7. The Hall–Kier alpha value is -2.51. The molecule has 4 rings (SSSR count). The quantitative estimate of drug-likeness (QED) is 0.748. The number of aryl methyl sites for hydroxylation is 3. The second-order valence-corrected chi connectivity index (χ2v) is 7.14. The third-order valence-electron chi connectivity index (χ3n) is 5.21. The topological polar surface area (TPSA) is 72.0 Å². The molecule has 3 aromatic heterocycles. The lowest BCUT2D eigenvalue weighted by molar-refractivity contribution is 0.203. The van der Waals surface area contributed by atoms with Gasteiger partial charge in [-0.3, -0.25) is 19.2 Å². The maximum Gasteiger partial charge on any atom is 0.139 e. The van der Waals surface area contributed by atoms with E-state index in [0.29, 0.717) is 5.69 Å². The fourth-order valence-corrected chi connectivity index (χ4v) is 3.61. The predicted octanol–water partition coefficient (Wildman–Crippen LogP) is 2.06. The van der Waals surface area contributed by atoms with Crippen LogP contribution in [0.3, 0.4) is 0 Å². The highest BCUT2D eigenvalue weighted by molar-refractivity contribution is 5.22. The van der Waals surface area contributed by atoms with Crippen LogP contribution in [0.4, 0.5) is 0 Å². The minimum absolute atomic E-state index is 0.681. The van der Waals surface area contributed by atoms with Gasteiger partial charge in [-0.25, -0.2) is 0 Å². The van der Waals surface area contributed by atoms with Crippen molar-refractivity contribution in [2.75, 3.05) is 6.54 Å². The molecular formula is C20H26N6O. The van der Waals surface area contributed by atoms with Crippen molar-refractivity contribution in [3.05, 3.63) is 65.0 Å². The molecule has 3 aromatic rings. The fraction of sp³-hybridized carbons (Fsp3) is 0.450. The van der Waals surface area contributed by atoms with Gasteiger partial charge in [-0.1, -0.05) is 13.0 Å². The normalized spacial score (nSPS) is 16.1. The van der Waals surface area contributed by atoms with Crippen molar-refractivity contribution in [2.45, 2.75) is 45.5 Å². The van der Waals surface area contributed by atoms with Crippen LogP contribution >= 0.6 is 0 Å². The zero-order valence-electron chi connectivity index (χ0n) is 15.9. The second-order valence-electron chi connectivity index (χ2n) is 7.14. The number of rotatable bonds is 5. The molecular weight excluding hydrogens is 340 g/mol.